The quantitative estimate of drug-likeness (QED) is 0.733. The van der Waals surface area contributed by atoms with Crippen molar-refractivity contribution in [3.05, 3.63) is 30.2 Å². The predicted octanol–water partition coefficient (Wildman–Crippen LogP) is 0.620. The van der Waals surface area contributed by atoms with Crippen molar-refractivity contribution in [1.29, 1.82) is 0 Å². The fraction of sp³-hybridized carbons (Fsp3) is 0.438. The number of aryl methyl sites for hydroxylation is 1. The summed E-state index contributed by atoms with van der Waals surface area (Å²) in [7, 11) is 0. The predicted molar refractivity (Wildman–Crippen MR) is 94.4 cm³/mol. The van der Waals surface area contributed by atoms with Crippen molar-refractivity contribution in [3.63, 3.8) is 0 Å². The van der Waals surface area contributed by atoms with Crippen LogP contribution in [0.2, 0.25) is 0 Å². The van der Waals surface area contributed by atoms with E-state index in [1.54, 1.807) is 0 Å². The van der Waals surface area contributed by atoms with Crippen LogP contribution in [-0.2, 0) is 0 Å². The fourth-order valence-electron chi connectivity index (χ4n) is 2.80. The standard InChI is InChI=1S/C16H23N7O/c1-12-3-2-4-13(20-12)21-15-14(17)16(19-11-18-15)23-7-5-22(6-8-23)9-10-24/h2-4,11,24H,5-10,17H2,1H3,(H,18,19,20,21). The highest BCUT2D eigenvalue weighted by atomic mass is 16.3. The molecule has 3 rings (SSSR count). The van der Waals surface area contributed by atoms with Gasteiger partial charge in [0.1, 0.15) is 17.8 Å². The Morgan fingerprint density at radius 2 is 2.00 bits per heavy atom. The van der Waals surface area contributed by atoms with E-state index >= 15 is 0 Å². The minimum absolute atomic E-state index is 0.188. The van der Waals surface area contributed by atoms with Gasteiger partial charge in [-0.3, -0.25) is 4.90 Å². The zero-order valence-corrected chi connectivity index (χ0v) is 13.8. The summed E-state index contributed by atoms with van der Waals surface area (Å²) in [5, 5.41) is 12.2. The number of nitrogens with two attached hydrogens (primary N) is 1. The van der Waals surface area contributed by atoms with Crippen LogP contribution in [0.25, 0.3) is 0 Å². The second-order valence-electron chi connectivity index (χ2n) is 5.80. The summed E-state index contributed by atoms with van der Waals surface area (Å²) in [6, 6.07) is 5.75. The van der Waals surface area contributed by atoms with Gasteiger partial charge in [-0.05, 0) is 19.1 Å². The minimum Gasteiger partial charge on any atom is -0.395 e. The molecule has 0 aromatic carbocycles. The number of piperazine rings is 1. The normalized spacial score (nSPS) is 15.5. The molecule has 1 fully saturated rings. The molecule has 0 saturated carbocycles. The Kier molecular flexibility index (Phi) is 5.07. The number of hydrogen-bond acceptors (Lipinski definition) is 8. The average molecular weight is 329 g/mol. The Labute approximate surface area is 141 Å². The number of β-amino-alcohol motifs (C(OH)–C–C–N with tert-alkyl or cyclic N) is 1. The van der Waals surface area contributed by atoms with Crippen molar-refractivity contribution in [2.75, 3.05) is 55.3 Å². The molecule has 1 aliphatic heterocycles. The number of nitrogens with one attached hydrogen (secondary N) is 1. The van der Waals surface area contributed by atoms with Crippen molar-refractivity contribution >= 4 is 23.1 Å². The van der Waals surface area contributed by atoms with E-state index in [1.807, 2.05) is 25.1 Å². The van der Waals surface area contributed by atoms with E-state index in [0.717, 1.165) is 37.7 Å². The largest absolute Gasteiger partial charge is 0.395 e. The van der Waals surface area contributed by atoms with Crippen LogP contribution in [0, 0.1) is 6.92 Å². The molecule has 0 atom stereocenters. The van der Waals surface area contributed by atoms with Crippen LogP contribution >= 0.6 is 0 Å². The first-order valence-electron chi connectivity index (χ1n) is 8.06. The molecular formula is C16H23N7O. The number of nitrogen functional groups attached to an aromatic ring is 1. The second kappa shape index (κ2) is 7.41. The molecule has 0 spiro atoms. The van der Waals surface area contributed by atoms with Crippen LogP contribution in [0.1, 0.15) is 5.69 Å². The summed E-state index contributed by atoms with van der Waals surface area (Å²) in [5.74, 6) is 2.01. The lowest BCUT2D eigenvalue weighted by Gasteiger charge is -2.35. The molecule has 3 heterocycles. The zero-order chi connectivity index (χ0) is 16.9. The van der Waals surface area contributed by atoms with Crippen LogP contribution in [0.4, 0.5) is 23.1 Å². The number of aromatic nitrogens is 3. The maximum absolute atomic E-state index is 9.03. The van der Waals surface area contributed by atoms with E-state index in [4.69, 9.17) is 10.8 Å². The van der Waals surface area contributed by atoms with E-state index in [9.17, 15) is 0 Å². The molecule has 2 aromatic heterocycles. The summed E-state index contributed by atoms with van der Waals surface area (Å²) in [6.45, 7) is 6.24. The molecule has 8 nitrogen and oxygen atoms in total. The van der Waals surface area contributed by atoms with Crippen LogP contribution < -0.4 is 16.0 Å². The summed E-state index contributed by atoms with van der Waals surface area (Å²) in [6.07, 6.45) is 1.52. The smallest absolute Gasteiger partial charge is 0.160 e. The number of aliphatic hydroxyl groups excluding tert-OH is 1. The van der Waals surface area contributed by atoms with Gasteiger partial charge in [-0.2, -0.15) is 0 Å². The average Bonchev–Trinajstić information content (AvgIpc) is 2.58. The summed E-state index contributed by atoms with van der Waals surface area (Å²) < 4.78 is 0. The van der Waals surface area contributed by atoms with Crippen LogP contribution in [0.5, 0.6) is 0 Å². The number of aliphatic hydroxyl groups is 1. The lowest BCUT2D eigenvalue weighted by Crippen LogP contribution is -2.47. The van der Waals surface area contributed by atoms with Crippen LogP contribution in [-0.4, -0.2) is 64.3 Å². The monoisotopic (exact) mass is 329 g/mol. The van der Waals surface area contributed by atoms with Crippen molar-refractivity contribution in [2.45, 2.75) is 6.92 Å². The highest BCUT2D eigenvalue weighted by molar-refractivity contribution is 5.77. The maximum Gasteiger partial charge on any atom is 0.160 e. The van der Waals surface area contributed by atoms with Gasteiger partial charge in [-0.25, -0.2) is 15.0 Å². The van der Waals surface area contributed by atoms with E-state index < -0.39 is 0 Å². The Hall–Kier alpha value is -2.45. The van der Waals surface area contributed by atoms with E-state index in [-0.39, 0.29) is 6.61 Å². The molecule has 24 heavy (non-hydrogen) atoms. The third kappa shape index (κ3) is 3.72. The van der Waals surface area contributed by atoms with E-state index in [1.165, 1.54) is 6.33 Å². The second-order valence-corrected chi connectivity index (χ2v) is 5.80. The number of pyridine rings is 1. The lowest BCUT2D eigenvalue weighted by molar-refractivity contribution is 0.188. The summed E-state index contributed by atoms with van der Waals surface area (Å²) >= 11 is 0. The lowest BCUT2D eigenvalue weighted by atomic mass is 10.3. The zero-order valence-electron chi connectivity index (χ0n) is 13.8. The molecule has 0 unspecified atom stereocenters. The number of anilines is 4. The number of rotatable bonds is 5. The van der Waals surface area contributed by atoms with Gasteiger partial charge in [0.25, 0.3) is 0 Å². The van der Waals surface area contributed by atoms with Gasteiger partial charge in [-0.15, -0.1) is 0 Å². The van der Waals surface area contributed by atoms with E-state index in [0.29, 0.717) is 23.9 Å². The molecule has 128 valence electrons. The summed E-state index contributed by atoms with van der Waals surface area (Å²) in [4.78, 5) is 17.4. The van der Waals surface area contributed by atoms with Crippen molar-refractivity contribution < 1.29 is 5.11 Å². The van der Waals surface area contributed by atoms with Gasteiger partial charge in [-0.1, -0.05) is 6.07 Å². The Morgan fingerprint density at radius 1 is 1.21 bits per heavy atom. The molecule has 1 aliphatic rings. The third-order valence-corrected chi connectivity index (χ3v) is 4.09. The van der Waals surface area contributed by atoms with Crippen LogP contribution in [0.15, 0.2) is 24.5 Å². The SMILES string of the molecule is Cc1cccc(Nc2ncnc(N3CCN(CCO)CC3)c2N)n1. The van der Waals surface area contributed by atoms with Gasteiger partial charge in [0, 0.05) is 38.4 Å². The Balaban J connectivity index is 1.74. The molecule has 0 amide bonds. The molecule has 0 radical (unpaired) electrons. The molecule has 8 heteroatoms. The number of nitrogens with zero attached hydrogens (tertiary/aromatic N) is 5. The van der Waals surface area contributed by atoms with Crippen molar-refractivity contribution in [1.82, 2.24) is 19.9 Å². The number of hydrogen-bond donors (Lipinski definition) is 3. The fourth-order valence-corrected chi connectivity index (χ4v) is 2.80. The van der Waals surface area contributed by atoms with Gasteiger partial charge in [0.2, 0.25) is 0 Å². The molecule has 2 aromatic rings. The van der Waals surface area contributed by atoms with Crippen molar-refractivity contribution in [2.24, 2.45) is 0 Å². The first-order chi connectivity index (χ1) is 11.7. The third-order valence-electron chi connectivity index (χ3n) is 4.09. The van der Waals surface area contributed by atoms with Crippen LogP contribution in [0.3, 0.4) is 0 Å². The van der Waals surface area contributed by atoms with E-state index in [2.05, 4.69) is 30.1 Å². The van der Waals surface area contributed by atoms with Crippen molar-refractivity contribution in [3.8, 4) is 0 Å². The molecule has 0 bridgehead atoms. The summed E-state index contributed by atoms with van der Waals surface area (Å²) in [5.41, 5.74) is 7.73. The Bertz CT molecular complexity index is 686. The minimum atomic E-state index is 0.188. The van der Waals surface area contributed by atoms with Gasteiger partial charge >= 0.3 is 0 Å². The highest BCUT2D eigenvalue weighted by Crippen LogP contribution is 2.28. The molecular weight excluding hydrogens is 306 g/mol. The highest BCUT2D eigenvalue weighted by Gasteiger charge is 2.21. The van der Waals surface area contributed by atoms with Gasteiger partial charge in [0.15, 0.2) is 11.6 Å². The first kappa shape index (κ1) is 16.4. The topological polar surface area (TPSA) is 103 Å². The van der Waals surface area contributed by atoms with Gasteiger partial charge in [0.05, 0.1) is 6.61 Å². The maximum atomic E-state index is 9.03. The molecule has 0 aliphatic carbocycles. The Morgan fingerprint density at radius 3 is 2.71 bits per heavy atom. The first-order valence-corrected chi connectivity index (χ1v) is 8.06. The molecule has 1 saturated heterocycles. The van der Waals surface area contributed by atoms with Gasteiger partial charge < -0.3 is 21.1 Å². The molecule has 4 N–H and O–H groups in total.